The average Bonchev–Trinajstić information content (AvgIpc) is 3.16. The van der Waals surface area contributed by atoms with Crippen molar-refractivity contribution in [2.24, 2.45) is 0 Å². The predicted molar refractivity (Wildman–Crippen MR) is 86.3 cm³/mol. The maximum Gasteiger partial charge on any atom is 0.149 e. The molecule has 3 rings (SSSR count). The lowest BCUT2D eigenvalue weighted by atomic mass is 10.1. The highest BCUT2D eigenvalue weighted by Gasteiger charge is 2.18. The fourth-order valence-electron chi connectivity index (χ4n) is 2.13. The molecule has 0 fully saturated rings. The number of aryl methyl sites for hydroxylation is 1. The van der Waals surface area contributed by atoms with Crippen molar-refractivity contribution in [2.45, 2.75) is 33.2 Å². The summed E-state index contributed by atoms with van der Waals surface area (Å²) in [6.45, 7) is 6.32. The van der Waals surface area contributed by atoms with E-state index in [9.17, 15) is 0 Å². The van der Waals surface area contributed by atoms with Crippen LogP contribution in [0.4, 0.5) is 0 Å². The van der Waals surface area contributed by atoms with Crippen LogP contribution in [0.1, 0.15) is 32.4 Å². The Hall–Kier alpha value is -2.01. The van der Waals surface area contributed by atoms with E-state index >= 15 is 0 Å². The number of thiazole rings is 1. The minimum absolute atomic E-state index is 0.229. The molecule has 0 amide bonds. The van der Waals surface area contributed by atoms with Gasteiger partial charge in [0.2, 0.25) is 0 Å². The molecule has 0 N–H and O–H groups in total. The van der Waals surface area contributed by atoms with Crippen LogP contribution in [-0.2, 0) is 6.42 Å². The Labute approximate surface area is 128 Å². The molecule has 0 aliphatic carbocycles. The molecule has 0 aliphatic rings. The van der Waals surface area contributed by atoms with Gasteiger partial charge in [-0.2, -0.15) is 9.90 Å². The quantitative estimate of drug-likeness (QED) is 0.724. The first-order chi connectivity index (χ1) is 10.2. The van der Waals surface area contributed by atoms with Crippen LogP contribution in [0.5, 0.6) is 0 Å². The van der Waals surface area contributed by atoms with Crippen molar-refractivity contribution in [3.05, 3.63) is 41.4 Å². The molecule has 21 heavy (non-hydrogen) atoms. The zero-order valence-electron chi connectivity index (χ0n) is 12.4. The number of nitrogens with zero attached hydrogens (tertiary/aromatic N) is 4. The van der Waals surface area contributed by atoms with E-state index in [1.54, 1.807) is 22.3 Å². The van der Waals surface area contributed by atoms with E-state index in [2.05, 4.69) is 60.2 Å². The Balaban J connectivity index is 2.11. The molecular weight excluding hydrogens is 280 g/mol. The SMILES string of the molecule is CCc1ccc(-c2nn(C(C)C)nc2-c2nccs2)cc1. The molecule has 0 aliphatic heterocycles. The summed E-state index contributed by atoms with van der Waals surface area (Å²) in [5.41, 5.74) is 4.18. The van der Waals surface area contributed by atoms with Gasteiger partial charge in [0.15, 0.2) is 0 Å². The highest BCUT2D eigenvalue weighted by molar-refractivity contribution is 7.13. The Bertz CT molecular complexity index is 711. The second kappa shape index (κ2) is 5.77. The van der Waals surface area contributed by atoms with E-state index in [4.69, 9.17) is 0 Å². The lowest BCUT2D eigenvalue weighted by molar-refractivity contribution is 0.468. The minimum atomic E-state index is 0.229. The average molecular weight is 298 g/mol. The van der Waals surface area contributed by atoms with Crippen LogP contribution in [0, 0.1) is 0 Å². The number of hydrogen-bond donors (Lipinski definition) is 0. The van der Waals surface area contributed by atoms with Gasteiger partial charge in [0.25, 0.3) is 0 Å². The van der Waals surface area contributed by atoms with Gasteiger partial charge in [-0.3, -0.25) is 0 Å². The fraction of sp³-hybridized carbons (Fsp3) is 0.312. The predicted octanol–water partition coefficient (Wildman–Crippen LogP) is 4.21. The Morgan fingerprint density at radius 1 is 1.10 bits per heavy atom. The normalized spacial score (nSPS) is 11.2. The first-order valence-electron chi connectivity index (χ1n) is 7.15. The van der Waals surface area contributed by atoms with Crippen molar-refractivity contribution in [2.75, 3.05) is 0 Å². The lowest BCUT2D eigenvalue weighted by Crippen LogP contribution is -2.04. The molecule has 0 saturated heterocycles. The first kappa shape index (κ1) is 13.9. The molecule has 3 aromatic rings. The van der Waals surface area contributed by atoms with Gasteiger partial charge in [-0.05, 0) is 25.8 Å². The van der Waals surface area contributed by atoms with Crippen LogP contribution in [-0.4, -0.2) is 20.0 Å². The third-order valence-corrected chi connectivity index (χ3v) is 4.14. The van der Waals surface area contributed by atoms with Crippen molar-refractivity contribution >= 4 is 11.3 Å². The van der Waals surface area contributed by atoms with Gasteiger partial charge < -0.3 is 0 Å². The highest BCUT2D eigenvalue weighted by atomic mass is 32.1. The van der Waals surface area contributed by atoms with Crippen molar-refractivity contribution < 1.29 is 0 Å². The van der Waals surface area contributed by atoms with Crippen LogP contribution in [0.25, 0.3) is 22.0 Å². The summed E-state index contributed by atoms with van der Waals surface area (Å²) in [6.07, 6.45) is 2.84. The van der Waals surface area contributed by atoms with Gasteiger partial charge in [-0.25, -0.2) is 4.98 Å². The van der Waals surface area contributed by atoms with Gasteiger partial charge in [-0.1, -0.05) is 31.2 Å². The number of aromatic nitrogens is 4. The molecule has 4 nitrogen and oxygen atoms in total. The van der Waals surface area contributed by atoms with E-state index in [-0.39, 0.29) is 6.04 Å². The zero-order valence-corrected chi connectivity index (χ0v) is 13.3. The maximum atomic E-state index is 4.66. The first-order valence-corrected chi connectivity index (χ1v) is 8.03. The van der Waals surface area contributed by atoms with Gasteiger partial charge in [0, 0.05) is 17.1 Å². The van der Waals surface area contributed by atoms with Crippen molar-refractivity contribution in [1.29, 1.82) is 0 Å². The molecule has 0 bridgehead atoms. The Kier molecular flexibility index (Phi) is 3.84. The fourth-order valence-corrected chi connectivity index (χ4v) is 2.75. The second-order valence-electron chi connectivity index (χ2n) is 5.20. The summed E-state index contributed by atoms with van der Waals surface area (Å²) < 4.78 is 0. The van der Waals surface area contributed by atoms with Gasteiger partial charge in [-0.15, -0.1) is 16.4 Å². The van der Waals surface area contributed by atoms with Crippen LogP contribution in [0.2, 0.25) is 0 Å². The standard InChI is InChI=1S/C16H18N4S/c1-4-12-5-7-13(8-6-12)14-15(16-17-9-10-21-16)19-20(18-14)11(2)3/h5-11H,4H2,1-3H3. The third-order valence-electron chi connectivity index (χ3n) is 3.36. The smallest absolute Gasteiger partial charge is 0.149 e. The minimum Gasteiger partial charge on any atom is -0.243 e. The second-order valence-corrected chi connectivity index (χ2v) is 6.09. The molecule has 5 heteroatoms. The van der Waals surface area contributed by atoms with Crippen molar-refractivity contribution in [3.8, 4) is 22.0 Å². The largest absolute Gasteiger partial charge is 0.243 e. The van der Waals surface area contributed by atoms with Crippen molar-refractivity contribution in [1.82, 2.24) is 20.0 Å². The van der Waals surface area contributed by atoms with Gasteiger partial charge >= 0.3 is 0 Å². The van der Waals surface area contributed by atoms with E-state index < -0.39 is 0 Å². The summed E-state index contributed by atoms with van der Waals surface area (Å²) in [6, 6.07) is 8.76. The topological polar surface area (TPSA) is 43.6 Å². The van der Waals surface area contributed by atoms with E-state index in [0.717, 1.165) is 28.4 Å². The lowest BCUT2D eigenvalue weighted by Gasteiger charge is -2.02. The van der Waals surface area contributed by atoms with Gasteiger partial charge in [0.05, 0.1) is 6.04 Å². The van der Waals surface area contributed by atoms with Crippen LogP contribution in [0.3, 0.4) is 0 Å². The molecule has 0 atom stereocenters. The van der Waals surface area contributed by atoms with Crippen LogP contribution in [0.15, 0.2) is 35.8 Å². The highest BCUT2D eigenvalue weighted by Crippen LogP contribution is 2.31. The number of benzene rings is 1. The van der Waals surface area contributed by atoms with E-state index in [1.807, 2.05) is 5.38 Å². The molecule has 0 radical (unpaired) electrons. The number of rotatable bonds is 4. The molecule has 1 aromatic carbocycles. The number of hydrogen-bond acceptors (Lipinski definition) is 4. The Morgan fingerprint density at radius 2 is 1.81 bits per heavy atom. The zero-order chi connectivity index (χ0) is 14.8. The molecule has 2 aromatic heterocycles. The maximum absolute atomic E-state index is 4.66. The third kappa shape index (κ3) is 2.74. The molecule has 2 heterocycles. The summed E-state index contributed by atoms with van der Waals surface area (Å²) in [5.74, 6) is 0. The molecule has 0 unspecified atom stereocenters. The molecule has 0 spiro atoms. The monoisotopic (exact) mass is 298 g/mol. The molecular formula is C16H18N4S. The van der Waals surface area contributed by atoms with E-state index in [0.29, 0.717) is 0 Å². The summed E-state index contributed by atoms with van der Waals surface area (Å²) in [7, 11) is 0. The van der Waals surface area contributed by atoms with Crippen molar-refractivity contribution in [3.63, 3.8) is 0 Å². The van der Waals surface area contributed by atoms with Gasteiger partial charge in [0.1, 0.15) is 16.4 Å². The summed E-state index contributed by atoms with van der Waals surface area (Å²) in [5, 5.41) is 12.2. The summed E-state index contributed by atoms with van der Waals surface area (Å²) in [4.78, 5) is 6.15. The molecule has 108 valence electrons. The summed E-state index contributed by atoms with van der Waals surface area (Å²) >= 11 is 1.59. The van der Waals surface area contributed by atoms with E-state index in [1.165, 1.54) is 5.56 Å². The van der Waals surface area contributed by atoms with Crippen LogP contribution < -0.4 is 0 Å². The van der Waals surface area contributed by atoms with Crippen LogP contribution >= 0.6 is 11.3 Å². The Morgan fingerprint density at radius 3 is 2.38 bits per heavy atom. The molecule has 0 saturated carbocycles.